The van der Waals surface area contributed by atoms with Crippen molar-refractivity contribution in [2.24, 2.45) is 17.8 Å². The average molecular weight is 897 g/mol. The summed E-state index contributed by atoms with van der Waals surface area (Å²) < 4.78 is 49.9. The van der Waals surface area contributed by atoms with Gasteiger partial charge in [0.05, 0.1) is 48.1 Å². The number of cyclic esters (lactones) is 1. The number of hydrogen-bond donors (Lipinski definition) is 4. The molecule has 18 atom stereocenters. The molecule has 0 aliphatic carbocycles. The second-order valence-corrected chi connectivity index (χ2v) is 19.6. The number of aliphatic hydroxyl groups is 4. The van der Waals surface area contributed by atoms with Crippen LogP contribution in [0.1, 0.15) is 100 Å². The molecule has 16 heteroatoms. The number of esters is 2. The topological polar surface area (TPSA) is 195 Å². The van der Waals surface area contributed by atoms with Gasteiger partial charge in [0.1, 0.15) is 36.6 Å². The number of likely N-dealkylation sites (N-methyl/N-ethyl adjacent to an activating group) is 2. The van der Waals surface area contributed by atoms with Gasteiger partial charge >= 0.3 is 11.9 Å². The van der Waals surface area contributed by atoms with Crippen molar-refractivity contribution in [2.75, 3.05) is 41.4 Å². The normalized spacial score (nSPS) is 42.8. The van der Waals surface area contributed by atoms with Gasteiger partial charge in [-0.3, -0.25) is 9.69 Å². The number of benzene rings is 1. The molecule has 3 fully saturated rings. The van der Waals surface area contributed by atoms with Crippen molar-refractivity contribution in [3.8, 4) is 0 Å². The number of aliphatic hydroxyl groups excluding tert-OH is 2. The Kier molecular flexibility index (Phi) is 19.0. The molecule has 16 nitrogen and oxygen atoms in total. The van der Waals surface area contributed by atoms with Crippen LogP contribution in [-0.4, -0.2) is 174 Å². The van der Waals surface area contributed by atoms with Crippen LogP contribution >= 0.6 is 0 Å². The molecule has 0 radical (unpaired) electrons. The fourth-order valence-corrected chi connectivity index (χ4v) is 9.94. The summed E-state index contributed by atoms with van der Waals surface area (Å²) in [5.74, 6) is -3.53. The van der Waals surface area contributed by atoms with Gasteiger partial charge in [0.15, 0.2) is 12.6 Å². The maximum Gasteiger partial charge on any atom is 0.332 e. The predicted octanol–water partition coefficient (Wildman–Crippen LogP) is 3.67. The first-order valence-electron chi connectivity index (χ1n) is 22.7. The SMILES string of the molecule is CC[C@H]1OC(=O)[C@H](C)[C@@H](O[C@H]2C[C@@](C)(OC)[C@@H](O)[C@H](C)O2)[C@H](C)[C@@H](O[C@@H]2O[C@H](C)C[C@H](N(C)C)[C@H]2O)[C@](C)(O)C[C@@H](C)CN(C)[C@H](C)[C@@H](OC(=O)COCc2ccccc2)[C@]1(C)O. The van der Waals surface area contributed by atoms with Crippen LogP contribution in [0, 0.1) is 17.8 Å². The number of carbonyl (C=O) groups is 2. The van der Waals surface area contributed by atoms with Crippen LogP contribution in [0.3, 0.4) is 0 Å². The second-order valence-electron chi connectivity index (χ2n) is 19.6. The Morgan fingerprint density at radius 3 is 2.21 bits per heavy atom. The summed E-state index contributed by atoms with van der Waals surface area (Å²) in [7, 11) is 7.11. The molecule has 3 aliphatic rings. The van der Waals surface area contributed by atoms with Gasteiger partial charge in [-0.1, -0.05) is 51.1 Å². The maximum atomic E-state index is 14.6. The van der Waals surface area contributed by atoms with E-state index in [4.69, 9.17) is 37.9 Å². The number of nitrogens with zero attached hydrogens (tertiary/aromatic N) is 2. The molecule has 0 unspecified atom stereocenters. The molecule has 0 bridgehead atoms. The van der Waals surface area contributed by atoms with Gasteiger partial charge in [-0.2, -0.15) is 0 Å². The fraction of sp³-hybridized carbons (Fsp3) is 0.830. The van der Waals surface area contributed by atoms with Crippen molar-refractivity contribution in [1.29, 1.82) is 0 Å². The molecule has 0 amide bonds. The molecule has 3 aliphatic heterocycles. The van der Waals surface area contributed by atoms with E-state index in [2.05, 4.69) is 0 Å². The van der Waals surface area contributed by atoms with Crippen molar-refractivity contribution >= 4 is 11.9 Å². The van der Waals surface area contributed by atoms with Crippen molar-refractivity contribution in [1.82, 2.24) is 9.80 Å². The zero-order chi connectivity index (χ0) is 47.2. The molecular formula is C47H80N2O14. The van der Waals surface area contributed by atoms with Gasteiger partial charge < -0.3 is 63.2 Å². The van der Waals surface area contributed by atoms with E-state index in [9.17, 15) is 30.0 Å². The Labute approximate surface area is 375 Å². The Bertz CT molecular complexity index is 1580. The van der Waals surface area contributed by atoms with Gasteiger partial charge in [0.2, 0.25) is 0 Å². The smallest absolute Gasteiger partial charge is 0.332 e. The first-order chi connectivity index (χ1) is 29.4. The van der Waals surface area contributed by atoms with E-state index in [0.29, 0.717) is 13.0 Å². The fourth-order valence-electron chi connectivity index (χ4n) is 9.94. The molecule has 0 spiro atoms. The van der Waals surface area contributed by atoms with Crippen LogP contribution in [0.15, 0.2) is 30.3 Å². The third-order valence-corrected chi connectivity index (χ3v) is 13.8. The van der Waals surface area contributed by atoms with E-state index in [1.807, 2.05) is 89.0 Å². The molecule has 362 valence electrons. The second kappa shape index (κ2) is 22.4. The van der Waals surface area contributed by atoms with Crippen molar-refractivity contribution in [3.63, 3.8) is 0 Å². The quantitative estimate of drug-likeness (QED) is 0.222. The van der Waals surface area contributed by atoms with E-state index in [1.165, 1.54) is 14.0 Å². The van der Waals surface area contributed by atoms with Gasteiger partial charge in [0.25, 0.3) is 0 Å². The third-order valence-electron chi connectivity index (χ3n) is 13.8. The molecule has 63 heavy (non-hydrogen) atoms. The van der Waals surface area contributed by atoms with E-state index in [-0.39, 0.29) is 50.5 Å². The average Bonchev–Trinajstić information content (AvgIpc) is 3.21. The number of methoxy groups -OCH3 is 1. The third kappa shape index (κ3) is 13.2. The summed E-state index contributed by atoms with van der Waals surface area (Å²) in [6.07, 6.45) is -8.71. The summed E-state index contributed by atoms with van der Waals surface area (Å²) in [4.78, 5) is 32.0. The Balaban J connectivity index is 1.78. The highest BCUT2D eigenvalue weighted by atomic mass is 16.7. The minimum absolute atomic E-state index is 0.101. The molecule has 4 N–H and O–H groups in total. The summed E-state index contributed by atoms with van der Waals surface area (Å²) in [6, 6.07) is 8.49. The molecule has 3 heterocycles. The van der Waals surface area contributed by atoms with Gasteiger partial charge in [0, 0.05) is 38.1 Å². The van der Waals surface area contributed by atoms with Gasteiger partial charge in [-0.25, -0.2) is 4.79 Å². The monoisotopic (exact) mass is 897 g/mol. The highest BCUT2D eigenvalue weighted by Crippen LogP contribution is 2.40. The molecule has 0 saturated carbocycles. The van der Waals surface area contributed by atoms with E-state index in [1.54, 1.807) is 34.6 Å². The number of ether oxygens (including phenoxy) is 8. The van der Waals surface area contributed by atoms with Crippen molar-refractivity contribution in [3.05, 3.63) is 35.9 Å². The van der Waals surface area contributed by atoms with Gasteiger partial charge in [-0.05, 0) is 100 Å². The number of hydrogen-bond acceptors (Lipinski definition) is 16. The molecular weight excluding hydrogens is 817 g/mol. The highest BCUT2D eigenvalue weighted by Gasteiger charge is 2.53. The lowest BCUT2D eigenvalue weighted by atomic mass is 9.77. The summed E-state index contributed by atoms with van der Waals surface area (Å²) in [5, 5.41) is 48.0. The highest BCUT2D eigenvalue weighted by molar-refractivity contribution is 5.73. The van der Waals surface area contributed by atoms with Crippen LogP contribution in [-0.2, 0) is 54.1 Å². The van der Waals surface area contributed by atoms with E-state index < -0.39 is 102 Å². The van der Waals surface area contributed by atoms with E-state index >= 15 is 0 Å². The molecule has 0 aromatic heterocycles. The minimum Gasteiger partial charge on any atom is -0.459 e. The molecule has 1 aromatic carbocycles. The van der Waals surface area contributed by atoms with E-state index in [0.717, 1.165) is 5.56 Å². The maximum absolute atomic E-state index is 14.6. The largest absolute Gasteiger partial charge is 0.459 e. The van der Waals surface area contributed by atoms with Crippen molar-refractivity contribution < 1.29 is 67.9 Å². The number of carbonyl (C=O) groups excluding carboxylic acids is 2. The summed E-state index contributed by atoms with van der Waals surface area (Å²) in [6.45, 7) is 17.8. The molecule has 3 saturated heterocycles. The number of rotatable bonds is 12. The summed E-state index contributed by atoms with van der Waals surface area (Å²) >= 11 is 0. The van der Waals surface area contributed by atoms with Crippen LogP contribution in [0.4, 0.5) is 0 Å². The Morgan fingerprint density at radius 1 is 0.952 bits per heavy atom. The summed E-state index contributed by atoms with van der Waals surface area (Å²) in [5.41, 5.74) is -3.70. The minimum atomic E-state index is -1.90. The first kappa shape index (κ1) is 53.3. The Morgan fingerprint density at radius 2 is 1.60 bits per heavy atom. The van der Waals surface area contributed by atoms with Gasteiger partial charge in [-0.15, -0.1) is 0 Å². The lowest BCUT2D eigenvalue weighted by Crippen LogP contribution is -2.61. The molecule has 4 rings (SSSR count). The van der Waals surface area contributed by atoms with Crippen LogP contribution < -0.4 is 0 Å². The predicted molar refractivity (Wildman–Crippen MR) is 234 cm³/mol. The lowest BCUT2D eigenvalue weighted by Gasteiger charge is -2.48. The van der Waals surface area contributed by atoms with Crippen LogP contribution in [0.25, 0.3) is 0 Å². The van der Waals surface area contributed by atoms with Crippen molar-refractivity contribution in [2.45, 2.75) is 192 Å². The zero-order valence-corrected chi connectivity index (χ0v) is 40.3. The molecule has 1 aromatic rings. The lowest BCUT2D eigenvalue weighted by molar-refractivity contribution is -0.318. The zero-order valence-electron chi connectivity index (χ0n) is 40.3. The first-order valence-corrected chi connectivity index (χ1v) is 22.7. The van der Waals surface area contributed by atoms with Crippen LogP contribution in [0.2, 0.25) is 0 Å². The Hall–Kier alpha value is -2.32. The van der Waals surface area contributed by atoms with Crippen LogP contribution in [0.5, 0.6) is 0 Å². The standard InChI is InChI=1S/C47H80N2O14/c1-15-35-47(10,55)42(61-36(50)26-57-25-33-19-17-16-18-20-33)31(6)49(13)24-27(2)22-45(8,54)41(63-44-38(51)34(48(11)12)21-28(3)58-44)29(4)39(30(5)43(53)60-35)62-37-23-46(9,56-14)40(52)32(7)59-37/h16-20,27-32,34-35,37-42,44,51-52,54-55H,15,21-26H2,1-14H3/t27-,28-,29+,30-,31-,32+,34+,35-,37+,38-,39+,40+,41-,42-,44+,45-,46-,47-/m1/s1.